The summed E-state index contributed by atoms with van der Waals surface area (Å²) in [6.07, 6.45) is 4.08. The predicted octanol–water partition coefficient (Wildman–Crippen LogP) is 3.40. The fourth-order valence-electron chi connectivity index (χ4n) is 2.53. The van der Waals surface area contributed by atoms with Gasteiger partial charge in [0.1, 0.15) is 11.3 Å². The van der Waals surface area contributed by atoms with Crippen molar-refractivity contribution in [2.45, 2.75) is 51.5 Å². The molecule has 1 aliphatic carbocycles. The summed E-state index contributed by atoms with van der Waals surface area (Å²) in [5, 5.41) is 10.4. The van der Waals surface area contributed by atoms with Crippen LogP contribution in [0.2, 0.25) is 0 Å². The lowest BCUT2D eigenvalue weighted by Crippen LogP contribution is -2.09. The number of aromatic hydroxyl groups is 1. The van der Waals surface area contributed by atoms with Gasteiger partial charge in [-0.15, -0.1) is 0 Å². The topological polar surface area (TPSA) is 49.7 Å². The summed E-state index contributed by atoms with van der Waals surface area (Å²) < 4.78 is 0. The van der Waals surface area contributed by atoms with E-state index in [0.717, 1.165) is 36.0 Å². The standard InChI is InChI=1S/C15H19NO2/c1-4-11-5-6-12(10(2)3)13(14(11)18)15(7-8-15)16-9-17/h5-6,10,18H,4,7-8H2,1-3H3. The molecule has 96 valence electrons. The first-order valence-electron chi connectivity index (χ1n) is 6.50. The first kappa shape index (κ1) is 12.8. The molecule has 0 radical (unpaired) electrons. The number of hydrogen-bond acceptors (Lipinski definition) is 3. The summed E-state index contributed by atoms with van der Waals surface area (Å²) in [6.45, 7) is 6.19. The first-order chi connectivity index (χ1) is 8.55. The van der Waals surface area contributed by atoms with Gasteiger partial charge in [-0.3, -0.25) is 0 Å². The fraction of sp³-hybridized carbons (Fsp3) is 0.533. The molecule has 0 heterocycles. The second kappa shape index (κ2) is 4.58. The molecule has 0 aromatic heterocycles. The number of rotatable bonds is 4. The Morgan fingerprint density at radius 3 is 2.56 bits per heavy atom. The Morgan fingerprint density at radius 2 is 2.11 bits per heavy atom. The van der Waals surface area contributed by atoms with E-state index >= 15 is 0 Å². The summed E-state index contributed by atoms with van der Waals surface area (Å²) in [5.74, 6) is 0.622. The van der Waals surface area contributed by atoms with E-state index in [1.165, 1.54) is 0 Å². The number of isocyanates is 1. The number of phenols is 1. The minimum Gasteiger partial charge on any atom is -0.507 e. The number of benzene rings is 1. The van der Waals surface area contributed by atoms with Gasteiger partial charge in [-0.25, -0.2) is 4.79 Å². The summed E-state index contributed by atoms with van der Waals surface area (Å²) in [5.41, 5.74) is 2.35. The highest BCUT2D eigenvalue weighted by Gasteiger charge is 2.48. The van der Waals surface area contributed by atoms with E-state index in [9.17, 15) is 9.90 Å². The third-order valence-electron chi connectivity index (χ3n) is 3.75. The molecule has 0 amide bonds. The second-order valence-electron chi connectivity index (χ2n) is 5.28. The molecule has 0 atom stereocenters. The Hall–Kier alpha value is -1.60. The lowest BCUT2D eigenvalue weighted by Gasteiger charge is -2.20. The lowest BCUT2D eigenvalue weighted by atomic mass is 9.88. The third-order valence-corrected chi connectivity index (χ3v) is 3.75. The van der Waals surface area contributed by atoms with Crippen molar-refractivity contribution < 1.29 is 9.90 Å². The van der Waals surface area contributed by atoms with Crippen LogP contribution in [0.3, 0.4) is 0 Å². The molecule has 2 rings (SSSR count). The second-order valence-corrected chi connectivity index (χ2v) is 5.28. The molecule has 3 heteroatoms. The molecule has 0 bridgehead atoms. The molecule has 1 aromatic carbocycles. The zero-order valence-corrected chi connectivity index (χ0v) is 11.2. The third kappa shape index (κ3) is 1.95. The van der Waals surface area contributed by atoms with Gasteiger partial charge in [0.15, 0.2) is 0 Å². The Bertz CT molecular complexity index is 509. The monoisotopic (exact) mass is 245 g/mol. The van der Waals surface area contributed by atoms with Crippen molar-refractivity contribution in [2.24, 2.45) is 4.99 Å². The van der Waals surface area contributed by atoms with Crippen LogP contribution >= 0.6 is 0 Å². The van der Waals surface area contributed by atoms with Gasteiger partial charge < -0.3 is 5.11 Å². The van der Waals surface area contributed by atoms with Crippen LogP contribution in [-0.4, -0.2) is 11.2 Å². The molecular formula is C15H19NO2. The molecule has 1 N–H and O–H groups in total. The summed E-state index contributed by atoms with van der Waals surface area (Å²) in [6, 6.07) is 4.02. The van der Waals surface area contributed by atoms with E-state index in [0.29, 0.717) is 11.7 Å². The summed E-state index contributed by atoms with van der Waals surface area (Å²) in [7, 11) is 0. The number of aryl methyl sites for hydroxylation is 1. The highest BCUT2D eigenvalue weighted by molar-refractivity contribution is 5.55. The smallest absolute Gasteiger partial charge is 0.235 e. The average Bonchev–Trinajstić information content (AvgIpc) is 3.09. The maximum atomic E-state index is 10.6. The maximum absolute atomic E-state index is 10.6. The van der Waals surface area contributed by atoms with E-state index < -0.39 is 5.54 Å². The highest BCUT2D eigenvalue weighted by atomic mass is 16.3. The van der Waals surface area contributed by atoms with Crippen LogP contribution in [-0.2, 0) is 16.8 Å². The van der Waals surface area contributed by atoms with Gasteiger partial charge in [-0.1, -0.05) is 32.9 Å². The van der Waals surface area contributed by atoms with Crippen LogP contribution in [0.4, 0.5) is 0 Å². The molecule has 18 heavy (non-hydrogen) atoms. The Morgan fingerprint density at radius 1 is 1.44 bits per heavy atom. The van der Waals surface area contributed by atoms with E-state index in [1.807, 2.05) is 13.0 Å². The zero-order valence-electron chi connectivity index (χ0n) is 11.2. The van der Waals surface area contributed by atoms with Gasteiger partial charge in [-0.05, 0) is 36.3 Å². The molecule has 1 saturated carbocycles. The van der Waals surface area contributed by atoms with Gasteiger partial charge in [-0.2, -0.15) is 4.99 Å². The molecule has 0 saturated heterocycles. The minimum atomic E-state index is -0.503. The van der Waals surface area contributed by atoms with Gasteiger partial charge in [0, 0.05) is 5.56 Å². The molecular weight excluding hydrogens is 226 g/mol. The summed E-state index contributed by atoms with van der Waals surface area (Å²) >= 11 is 0. The van der Waals surface area contributed by atoms with Crippen molar-refractivity contribution in [3.05, 3.63) is 28.8 Å². The van der Waals surface area contributed by atoms with Crippen molar-refractivity contribution in [1.82, 2.24) is 0 Å². The van der Waals surface area contributed by atoms with E-state index in [1.54, 1.807) is 6.08 Å². The van der Waals surface area contributed by atoms with Crippen LogP contribution in [0.15, 0.2) is 17.1 Å². The van der Waals surface area contributed by atoms with Crippen LogP contribution < -0.4 is 0 Å². The number of nitrogens with zero attached hydrogens (tertiary/aromatic N) is 1. The minimum absolute atomic E-state index is 0.302. The molecule has 1 aromatic rings. The number of carbonyl (C=O) groups excluding carboxylic acids is 1. The van der Waals surface area contributed by atoms with Gasteiger partial charge >= 0.3 is 0 Å². The number of aliphatic imine (C=N–C) groups is 1. The van der Waals surface area contributed by atoms with Crippen molar-refractivity contribution in [2.75, 3.05) is 0 Å². The average molecular weight is 245 g/mol. The van der Waals surface area contributed by atoms with E-state index in [-0.39, 0.29) is 0 Å². The first-order valence-corrected chi connectivity index (χ1v) is 6.50. The SMILES string of the molecule is CCc1ccc(C(C)C)c(C2(N=C=O)CC2)c1O. The van der Waals surface area contributed by atoms with E-state index in [4.69, 9.17) is 0 Å². The number of hydrogen-bond donors (Lipinski definition) is 1. The molecule has 1 aliphatic rings. The molecule has 1 fully saturated rings. The zero-order chi connectivity index (χ0) is 13.3. The molecule has 0 unspecified atom stereocenters. The Balaban J connectivity index is 2.65. The van der Waals surface area contributed by atoms with E-state index in [2.05, 4.69) is 24.9 Å². The van der Waals surface area contributed by atoms with Gasteiger partial charge in [0.05, 0.1) is 0 Å². The van der Waals surface area contributed by atoms with Crippen molar-refractivity contribution in [3.63, 3.8) is 0 Å². The van der Waals surface area contributed by atoms with Gasteiger partial charge in [0.25, 0.3) is 0 Å². The molecule has 0 aliphatic heterocycles. The van der Waals surface area contributed by atoms with Gasteiger partial charge in [0.2, 0.25) is 6.08 Å². The lowest BCUT2D eigenvalue weighted by molar-refractivity contribution is 0.450. The van der Waals surface area contributed by atoms with Crippen molar-refractivity contribution >= 4 is 6.08 Å². The Labute approximate surface area is 108 Å². The number of phenolic OH excluding ortho intramolecular Hbond substituents is 1. The predicted molar refractivity (Wildman–Crippen MR) is 70.6 cm³/mol. The Kier molecular flexibility index (Phi) is 3.27. The van der Waals surface area contributed by atoms with Crippen molar-refractivity contribution in [3.8, 4) is 5.75 Å². The largest absolute Gasteiger partial charge is 0.507 e. The molecule has 3 nitrogen and oxygen atoms in total. The fourth-order valence-corrected chi connectivity index (χ4v) is 2.53. The van der Waals surface area contributed by atoms with Crippen molar-refractivity contribution in [1.29, 1.82) is 0 Å². The van der Waals surface area contributed by atoms with Crippen LogP contribution in [0, 0.1) is 0 Å². The molecule has 0 spiro atoms. The quantitative estimate of drug-likeness (QED) is 0.653. The van der Waals surface area contributed by atoms with Crippen LogP contribution in [0.25, 0.3) is 0 Å². The highest BCUT2D eigenvalue weighted by Crippen LogP contribution is 2.55. The normalized spacial score (nSPS) is 16.4. The van der Waals surface area contributed by atoms with Crippen LogP contribution in [0.5, 0.6) is 5.75 Å². The summed E-state index contributed by atoms with van der Waals surface area (Å²) in [4.78, 5) is 14.6. The maximum Gasteiger partial charge on any atom is 0.235 e. The van der Waals surface area contributed by atoms with Crippen LogP contribution in [0.1, 0.15) is 56.2 Å².